The molecule has 2 N–H and O–H groups in total. The van der Waals surface area contributed by atoms with Gasteiger partial charge < -0.3 is 10.6 Å². The summed E-state index contributed by atoms with van der Waals surface area (Å²) >= 11 is 0. The number of hydrogen-bond donors (Lipinski definition) is 1. The summed E-state index contributed by atoms with van der Waals surface area (Å²) in [4.78, 5) is 13.6. The van der Waals surface area contributed by atoms with Crippen molar-refractivity contribution in [3.05, 3.63) is 29.3 Å². The molecule has 0 aromatic heterocycles. The summed E-state index contributed by atoms with van der Waals surface area (Å²) in [6, 6.07) is 2.05. The second-order valence-electron chi connectivity index (χ2n) is 4.85. The maximum atomic E-state index is 13.3. The summed E-state index contributed by atoms with van der Waals surface area (Å²) in [5, 5.41) is 0. The van der Waals surface area contributed by atoms with Gasteiger partial charge in [0.25, 0.3) is 5.91 Å². The first-order valence-electron chi connectivity index (χ1n) is 5.93. The average molecular weight is 254 g/mol. The van der Waals surface area contributed by atoms with Gasteiger partial charge in [-0.3, -0.25) is 4.79 Å². The molecule has 1 aromatic rings. The van der Waals surface area contributed by atoms with Crippen LogP contribution in [0.15, 0.2) is 12.1 Å². The number of nitrogens with two attached hydrogens (primary N) is 1. The Kier molecular flexibility index (Phi) is 3.24. The van der Waals surface area contributed by atoms with Crippen molar-refractivity contribution in [1.82, 2.24) is 4.90 Å². The van der Waals surface area contributed by atoms with Gasteiger partial charge in [-0.25, -0.2) is 8.78 Å². The second-order valence-corrected chi connectivity index (χ2v) is 4.85. The Hall–Kier alpha value is -1.65. The smallest absolute Gasteiger partial charge is 0.254 e. The zero-order valence-corrected chi connectivity index (χ0v) is 10.4. The maximum absolute atomic E-state index is 13.3. The molecule has 0 saturated heterocycles. The number of hydrogen-bond acceptors (Lipinski definition) is 2. The van der Waals surface area contributed by atoms with E-state index in [0.29, 0.717) is 5.92 Å². The minimum Gasteiger partial charge on any atom is -0.394 e. The third-order valence-corrected chi connectivity index (χ3v) is 3.56. The van der Waals surface area contributed by atoms with E-state index in [4.69, 9.17) is 5.73 Å². The van der Waals surface area contributed by atoms with Gasteiger partial charge in [-0.2, -0.15) is 0 Å². The third-order valence-electron chi connectivity index (χ3n) is 3.56. The number of nitrogens with zero attached hydrogens (tertiary/aromatic N) is 1. The summed E-state index contributed by atoms with van der Waals surface area (Å²) in [7, 11) is 1.65. The Morgan fingerprint density at radius 3 is 2.33 bits per heavy atom. The highest BCUT2D eigenvalue weighted by Gasteiger charge is 2.33. The number of benzene rings is 1. The topological polar surface area (TPSA) is 46.3 Å². The number of amides is 1. The lowest BCUT2D eigenvalue weighted by Gasteiger charge is -2.25. The molecule has 0 radical (unpaired) electrons. The Balaban J connectivity index is 2.22. The van der Waals surface area contributed by atoms with Crippen molar-refractivity contribution in [2.24, 2.45) is 5.92 Å². The lowest BCUT2D eigenvalue weighted by Crippen LogP contribution is -2.36. The lowest BCUT2D eigenvalue weighted by atomic mass is 10.1. The number of carbonyl (C=O) groups excluding carboxylic acids is 1. The Morgan fingerprint density at radius 2 is 1.89 bits per heavy atom. The van der Waals surface area contributed by atoms with E-state index in [1.165, 1.54) is 4.90 Å². The van der Waals surface area contributed by atoms with Crippen molar-refractivity contribution in [3.63, 3.8) is 0 Å². The van der Waals surface area contributed by atoms with Gasteiger partial charge in [-0.1, -0.05) is 0 Å². The molecule has 1 unspecified atom stereocenters. The van der Waals surface area contributed by atoms with Crippen LogP contribution in [0.25, 0.3) is 0 Å². The van der Waals surface area contributed by atoms with Crippen LogP contribution < -0.4 is 5.73 Å². The fourth-order valence-corrected chi connectivity index (χ4v) is 1.99. The summed E-state index contributed by atoms with van der Waals surface area (Å²) in [6.07, 6.45) is 2.20. The average Bonchev–Trinajstić information content (AvgIpc) is 3.16. The molecule has 1 aromatic carbocycles. The molecule has 3 nitrogen and oxygen atoms in total. The first-order valence-corrected chi connectivity index (χ1v) is 5.93. The standard InChI is InChI=1S/C13H16F2N2O/c1-7(8-3-4-8)17(2)13(18)9-5-10(14)12(16)11(15)6-9/h5-8H,3-4,16H2,1-2H3. The number of carbonyl (C=O) groups is 1. The predicted molar refractivity (Wildman–Crippen MR) is 65.0 cm³/mol. The van der Waals surface area contributed by atoms with Gasteiger partial charge in [0, 0.05) is 18.7 Å². The van der Waals surface area contributed by atoms with Gasteiger partial charge in [0.1, 0.15) is 17.3 Å². The summed E-state index contributed by atoms with van der Waals surface area (Å²) < 4.78 is 26.6. The molecule has 0 aliphatic heterocycles. The Bertz CT molecular complexity index is 463. The highest BCUT2D eigenvalue weighted by molar-refractivity contribution is 5.94. The van der Waals surface area contributed by atoms with Crippen molar-refractivity contribution in [3.8, 4) is 0 Å². The molecule has 1 fully saturated rings. The largest absolute Gasteiger partial charge is 0.394 e. The summed E-state index contributed by atoms with van der Waals surface area (Å²) in [5.41, 5.74) is 4.61. The quantitative estimate of drug-likeness (QED) is 0.842. The van der Waals surface area contributed by atoms with Gasteiger partial charge in [-0.05, 0) is 37.8 Å². The van der Waals surface area contributed by atoms with Crippen LogP contribution in [-0.4, -0.2) is 23.9 Å². The van der Waals surface area contributed by atoms with E-state index in [2.05, 4.69) is 0 Å². The van der Waals surface area contributed by atoms with Crippen molar-refractivity contribution in [1.29, 1.82) is 0 Å². The Labute approximate surface area is 105 Å². The summed E-state index contributed by atoms with van der Waals surface area (Å²) in [5.74, 6) is -1.67. The minimum atomic E-state index is -0.897. The molecule has 98 valence electrons. The maximum Gasteiger partial charge on any atom is 0.254 e. The van der Waals surface area contributed by atoms with Crippen LogP contribution in [0.3, 0.4) is 0 Å². The SMILES string of the molecule is CC(C1CC1)N(C)C(=O)c1cc(F)c(N)c(F)c1. The molecular weight excluding hydrogens is 238 g/mol. The molecule has 0 heterocycles. The van der Waals surface area contributed by atoms with Crippen LogP contribution in [0.5, 0.6) is 0 Å². The van der Waals surface area contributed by atoms with Crippen LogP contribution in [0, 0.1) is 17.6 Å². The van der Waals surface area contributed by atoms with Gasteiger partial charge in [-0.15, -0.1) is 0 Å². The van der Waals surface area contributed by atoms with Gasteiger partial charge >= 0.3 is 0 Å². The van der Waals surface area contributed by atoms with Crippen LogP contribution in [0.2, 0.25) is 0 Å². The first kappa shape index (κ1) is 12.8. The van der Waals surface area contributed by atoms with E-state index >= 15 is 0 Å². The molecular formula is C13H16F2N2O. The molecule has 1 aliphatic rings. The molecule has 18 heavy (non-hydrogen) atoms. The molecule has 0 spiro atoms. The highest BCUT2D eigenvalue weighted by atomic mass is 19.1. The monoisotopic (exact) mass is 254 g/mol. The molecule has 1 aliphatic carbocycles. The van der Waals surface area contributed by atoms with Crippen LogP contribution in [0.1, 0.15) is 30.1 Å². The van der Waals surface area contributed by atoms with Gasteiger partial charge in [0.05, 0.1) is 0 Å². The fourth-order valence-electron chi connectivity index (χ4n) is 1.99. The molecule has 2 rings (SSSR count). The van der Waals surface area contributed by atoms with Crippen molar-refractivity contribution < 1.29 is 13.6 Å². The van der Waals surface area contributed by atoms with Crippen LogP contribution in [0.4, 0.5) is 14.5 Å². The molecule has 5 heteroatoms. The fraction of sp³-hybridized carbons (Fsp3) is 0.462. The second kappa shape index (κ2) is 4.55. The first-order chi connectivity index (χ1) is 8.41. The van der Waals surface area contributed by atoms with Gasteiger partial charge in [0.2, 0.25) is 0 Å². The van der Waals surface area contributed by atoms with E-state index in [-0.39, 0.29) is 17.5 Å². The predicted octanol–water partition coefficient (Wildman–Crippen LogP) is 2.42. The van der Waals surface area contributed by atoms with Crippen molar-refractivity contribution in [2.45, 2.75) is 25.8 Å². The van der Waals surface area contributed by atoms with E-state index in [0.717, 1.165) is 25.0 Å². The molecule has 0 bridgehead atoms. The normalized spacial score (nSPS) is 16.4. The molecule has 1 amide bonds. The number of rotatable bonds is 3. The zero-order chi connectivity index (χ0) is 13.4. The van der Waals surface area contributed by atoms with Crippen LogP contribution in [-0.2, 0) is 0 Å². The number of nitrogen functional groups attached to an aromatic ring is 1. The van der Waals surface area contributed by atoms with Crippen molar-refractivity contribution in [2.75, 3.05) is 12.8 Å². The van der Waals surface area contributed by atoms with E-state index in [1.54, 1.807) is 7.05 Å². The van der Waals surface area contributed by atoms with E-state index < -0.39 is 17.3 Å². The van der Waals surface area contributed by atoms with E-state index in [1.807, 2.05) is 6.92 Å². The number of halogens is 2. The third kappa shape index (κ3) is 2.30. The number of anilines is 1. The lowest BCUT2D eigenvalue weighted by molar-refractivity contribution is 0.0726. The molecule has 1 atom stereocenters. The zero-order valence-electron chi connectivity index (χ0n) is 10.4. The summed E-state index contributed by atoms with van der Waals surface area (Å²) in [6.45, 7) is 1.94. The Morgan fingerprint density at radius 1 is 1.39 bits per heavy atom. The van der Waals surface area contributed by atoms with E-state index in [9.17, 15) is 13.6 Å². The molecule has 1 saturated carbocycles. The minimum absolute atomic E-state index is 0.00537. The highest BCUT2D eigenvalue weighted by Crippen LogP contribution is 2.35. The van der Waals surface area contributed by atoms with Crippen LogP contribution >= 0.6 is 0 Å². The van der Waals surface area contributed by atoms with Crippen molar-refractivity contribution >= 4 is 11.6 Å². The van der Waals surface area contributed by atoms with Gasteiger partial charge in [0.15, 0.2) is 0 Å².